The molecule has 3 aromatic rings. The van der Waals surface area contributed by atoms with Gasteiger partial charge in [0.2, 0.25) is 0 Å². The number of nitrogens with zero attached hydrogens (tertiary/aromatic N) is 3. The Hall–Kier alpha value is -3.40. The number of hydrogen-bond acceptors (Lipinski definition) is 4. The number of carbonyl (C=O) groups is 2. The van der Waals surface area contributed by atoms with E-state index in [9.17, 15) is 27.2 Å². The SMILES string of the molecule is CC1(C)C(=O)N(c2ccc(SC(F)(F)F)cc2)C(=O)N1Cc1ccncc1-c1ccc(F)cc1. The molecule has 2 heterocycles. The Labute approximate surface area is 197 Å². The predicted molar refractivity (Wildman–Crippen MR) is 120 cm³/mol. The van der Waals surface area contributed by atoms with E-state index in [1.54, 1.807) is 44.4 Å². The monoisotopic (exact) mass is 489 g/mol. The molecule has 34 heavy (non-hydrogen) atoms. The molecule has 0 spiro atoms. The van der Waals surface area contributed by atoms with Gasteiger partial charge in [0.1, 0.15) is 11.4 Å². The normalized spacial score (nSPS) is 15.8. The molecule has 1 aromatic heterocycles. The van der Waals surface area contributed by atoms with Crippen LogP contribution in [0.5, 0.6) is 0 Å². The number of benzene rings is 2. The third-order valence-corrected chi connectivity index (χ3v) is 6.29. The zero-order chi connectivity index (χ0) is 24.7. The first kappa shape index (κ1) is 23.7. The maximum Gasteiger partial charge on any atom is 0.446 e. The number of aromatic nitrogens is 1. The summed E-state index contributed by atoms with van der Waals surface area (Å²) in [6.07, 6.45) is 3.17. The van der Waals surface area contributed by atoms with Gasteiger partial charge in [-0.25, -0.2) is 14.1 Å². The number of hydrogen-bond donors (Lipinski definition) is 0. The molecule has 3 amide bonds. The maximum atomic E-state index is 13.4. The number of anilines is 1. The van der Waals surface area contributed by atoms with Gasteiger partial charge in [-0.3, -0.25) is 9.78 Å². The van der Waals surface area contributed by atoms with E-state index in [0.29, 0.717) is 16.7 Å². The van der Waals surface area contributed by atoms with Crippen LogP contribution in [-0.4, -0.2) is 32.9 Å². The lowest BCUT2D eigenvalue weighted by atomic mass is 9.99. The van der Waals surface area contributed by atoms with Gasteiger partial charge in [0.05, 0.1) is 5.69 Å². The second-order valence-corrected chi connectivity index (χ2v) is 9.29. The van der Waals surface area contributed by atoms with Crippen LogP contribution in [0.15, 0.2) is 71.9 Å². The molecular formula is C24H19F4N3O2S. The number of urea groups is 1. The summed E-state index contributed by atoms with van der Waals surface area (Å²) in [5.41, 5.74) is -3.37. The molecule has 0 atom stereocenters. The smallest absolute Gasteiger partial charge is 0.305 e. The van der Waals surface area contributed by atoms with Crippen LogP contribution in [0.2, 0.25) is 0 Å². The fourth-order valence-corrected chi connectivity index (χ4v) is 4.29. The Bertz CT molecular complexity index is 1230. The summed E-state index contributed by atoms with van der Waals surface area (Å²) < 4.78 is 51.2. The third-order valence-electron chi connectivity index (χ3n) is 5.55. The van der Waals surface area contributed by atoms with Crippen molar-refractivity contribution in [3.63, 3.8) is 0 Å². The number of alkyl halides is 3. The summed E-state index contributed by atoms with van der Waals surface area (Å²) in [6.45, 7) is 3.30. The van der Waals surface area contributed by atoms with E-state index >= 15 is 0 Å². The molecule has 0 unspecified atom stereocenters. The second-order valence-electron chi connectivity index (χ2n) is 8.15. The highest BCUT2D eigenvalue weighted by atomic mass is 32.2. The number of halogens is 4. The largest absolute Gasteiger partial charge is 0.446 e. The zero-order valence-electron chi connectivity index (χ0n) is 18.1. The van der Waals surface area contributed by atoms with Crippen molar-refractivity contribution in [3.8, 4) is 11.1 Å². The molecule has 4 rings (SSSR count). The highest BCUT2D eigenvalue weighted by Crippen LogP contribution is 2.39. The highest BCUT2D eigenvalue weighted by Gasteiger charge is 2.51. The van der Waals surface area contributed by atoms with E-state index in [0.717, 1.165) is 4.90 Å². The van der Waals surface area contributed by atoms with Gasteiger partial charge >= 0.3 is 11.5 Å². The second kappa shape index (κ2) is 8.75. The summed E-state index contributed by atoms with van der Waals surface area (Å²) in [7, 11) is 0. The van der Waals surface area contributed by atoms with Crippen molar-refractivity contribution in [1.29, 1.82) is 0 Å². The number of rotatable bonds is 5. The first-order valence-corrected chi connectivity index (χ1v) is 11.0. The molecule has 1 aliphatic heterocycles. The number of amides is 3. The Morgan fingerprint density at radius 3 is 2.24 bits per heavy atom. The molecule has 1 fully saturated rings. The molecule has 0 saturated carbocycles. The van der Waals surface area contributed by atoms with Crippen molar-refractivity contribution in [2.45, 2.75) is 36.3 Å². The van der Waals surface area contributed by atoms with E-state index in [2.05, 4.69) is 4.98 Å². The molecule has 0 bridgehead atoms. The fraction of sp³-hybridized carbons (Fsp3) is 0.208. The van der Waals surface area contributed by atoms with Crippen molar-refractivity contribution in [3.05, 3.63) is 78.4 Å². The van der Waals surface area contributed by atoms with Gasteiger partial charge in [-0.15, -0.1) is 0 Å². The summed E-state index contributed by atoms with van der Waals surface area (Å²) in [5, 5.41) is 0. The van der Waals surface area contributed by atoms with E-state index < -0.39 is 23.0 Å². The summed E-state index contributed by atoms with van der Waals surface area (Å²) >= 11 is -0.272. The van der Waals surface area contributed by atoms with Crippen LogP contribution in [0.4, 0.5) is 28.0 Å². The predicted octanol–water partition coefficient (Wildman–Crippen LogP) is 6.25. The highest BCUT2D eigenvalue weighted by molar-refractivity contribution is 8.00. The van der Waals surface area contributed by atoms with Gasteiger partial charge in [0.25, 0.3) is 5.91 Å². The van der Waals surface area contributed by atoms with Crippen LogP contribution in [0.1, 0.15) is 19.4 Å². The van der Waals surface area contributed by atoms with Gasteiger partial charge in [-0.2, -0.15) is 13.2 Å². The van der Waals surface area contributed by atoms with Gasteiger partial charge < -0.3 is 4.90 Å². The molecule has 1 aliphatic rings. The van der Waals surface area contributed by atoms with Gasteiger partial charge in [-0.05, 0) is 79.2 Å². The fourth-order valence-electron chi connectivity index (χ4n) is 3.75. The van der Waals surface area contributed by atoms with Crippen molar-refractivity contribution in [2.75, 3.05) is 4.90 Å². The quantitative estimate of drug-likeness (QED) is 0.242. The van der Waals surface area contributed by atoms with Gasteiger partial charge in [0, 0.05) is 29.4 Å². The van der Waals surface area contributed by atoms with E-state index in [4.69, 9.17) is 0 Å². The molecule has 5 nitrogen and oxygen atoms in total. The number of thioether (sulfide) groups is 1. The van der Waals surface area contributed by atoms with Crippen LogP contribution in [-0.2, 0) is 11.3 Å². The minimum Gasteiger partial charge on any atom is -0.305 e. The van der Waals surface area contributed by atoms with Crippen LogP contribution in [0.25, 0.3) is 11.1 Å². The lowest BCUT2D eigenvalue weighted by molar-refractivity contribution is -0.123. The summed E-state index contributed by atoms with van der Waals surface area (Å²) in [6, 6.07) is 12.1. The molecule has 2 aromatic carbocycles. The van der Waals surface area contributed by atoms with Crippen molar-refractivity contribution >= 4 is 29.4 Å². The first-order valence-electron chi connectivity index (χ1n) is 10.2. The summed E-state index contributed by atoms with van der Waals surface area (Å²) in [5.74, 6) is -0.878. The molecule has 0 radical (unpaired) electrons. The average molecular weight is 489 g/mol. The zero-order valence-corrected chi connectivity index (χ0v) is 19.0. The van der Waals surface area contributed by atoms with E-state index in [1.807, 2.05) is 0 Å². The maximum absolute atomic E-state index is 13.4. The topological polar surface area (TPSA) is 53.5 Å². The molecule has 0 N–H and O–H groups in total. The Morgan fingerprint density at radius 2 is 1.62 bits per heavy atom. The molecule has 0 aliphatic carbocycles. The van der Waals surface area contributed by atoms with Crippen LogP contribution < -0.4 is 4.90 Å². The van der Waals surface area contributed by atoms with E-state index in [-0.39, 0.29) is 34.7 Å². The molecular weight excluding hydrogens is 470 g/mol. The Balaban J connectivity index is 1.63. The van der Waals surface area contributed by atoms with Crippen molar-refractivity contribution in [1.82, 2.24) is 9.88 Å². The third kappa shape index (κ3) is 4.63. The molecule has 10 heteroatoms. The minimum atomic E-state index is -4.44. The van der Waals surface area contributed by atoms with Crippen molar-refractivity contribution < 1.29 is 27.2 Å². The average Bonchev–Trinajstić information content (AvgIpc) is 2.94. The van der Waals surface area contributed by atoms with E-state index in [1.165, 1.54) is 41.3 Å². The Kier molecular flexibility index (Phi) is 6.11. The van der Waals surface area contributed by atoms with Crippen molar-refractivity contribution in [2.24, 2.45) is 0 Å². The van der Waals surface area contributed by atoms with Crippen LogP contribution in [0.3, 0.4) is 0 Å². The lowest BCUT2D eigenvalue weighted by Crippen LogP contribution is -2.43. The number of imide groups is 1. The lowest BCUT2D eigenvalue weighted by Gasteiger charge is -2.28. The van der Waals surface area contributed by atoms with Crippen LogP contribution in [0, 0.1) is 5.82 Å². The standard InChI is InChI=1S/C24H19F4N3O2S/c1-23(2)21(32)31(18-7-9-19(10-8-18)34-24(26,27)28)22(33)30(23)14-16-11-12-29-13-20(16)15-3-5-17(25)6-4-15/h3-13H,14H2,1-2H3. The number of carbonyl (C=O) groups excluding carboxylic acids is 2. The van der Waals surface area contributed by atoms with Crippen LogP contribution >= 0.6 is 11.8 Å². The molecule has 1 saturated heterocycles. The van der Waals surface area contributed by atoms with Gasteiger partial charge in [-0.1, -0.05) is 12.1 Å². The Morgan fingerprint density at radius 1 is 0.971 bits per heavy atom. The number of pyridine rings is 1. The summed E-state index contributed by atoms with van der Waals surface area (Å²) in [4.78, 5) is 32.9. The minimum absolute atomic E-state index is 0.0489. The van der Waals surface area contributed by atoms with Gasteiger partial charge in [0.15, 0.2) is 0 Å². The molecule has 176 valence electrons. The first-order chi connectivity index (χ1) is 16.0.